The van der Waals surface area contributed by atoms with Crippen LogP contribution in [0.4, 0.5) is 0 Å². The summed E-state index contributed by atoms with van der Waals surface area (Å²) in [5.74, 6) is 0.584. The van der Waals surface area contributed by atoms with Crippen molar-refractivity contribution in [3.63, 3.8) is 0 Å². The van der Waals surface area contributed by atoms with Crippen LogP contribution in [0.25, 0.3) is 0 Å². The van der Waals surface area contributed by atoms with Crippen molar-refractivity contribution in [2.45, 2.75) is 19.8 Å². The lowest BCUT2D eigenvalue weighted by Gasteiger charge is -2.02. The highest BCUT2D eigenvalue weighted by atomic mass is 16.5. The number of ether oxygens (including phenoxy) is 1. The molecule has 0 aliphatic rings. The van der Waals surface area contributed by atoms with Gasteiger partial charge in [-0.05, 0) is 13.3 Å². The van der Waals surface area contributed by atoms with E-state index in [1.807, 2.05) is 0 Å². The van der Waals surface area contributed by atoms with Crippen LogP contribution in [-0.2, 0) is 16.0 Å². The molecule has 1 N–H and O–H groups in total. The van der Waals surface area contributed by atoms with Gasteiger partial charge in [0.2, 0.25) is 0 Å². The van der Waals surface area contributed by atoms with Crippen LogP contribution in [0.1, 0.15) is 19.2 Å². The van der Waals surface area contributed by atoms with E-state index in [0.29, 0.717) is 12.2 Å². The third kappa shape index (κ3) is 3.43. The van der Waals surface area contributed by atoms with Gasteiger partial charge in [0, 0.05) is 24.4 Å². The molecule has 1 aromatic rings. The summed E-state index contributed by atoms with van der Waals surface area (Å²) in [4.78, 5) is 18.0. The van der Waals surface area contributed by atoms with Gasteiger partial charge in [0.15, 0.2) is 0 Å². The molecule has 1 aromatic heterocycles. The first-order valence-electron chi connectivity index (χ1n) is 4.51. The number of aromatic amines is 1. The van der Waals surface area contributed by atoms with Crippen LogP contribution >= 0.6 is 0 Å². The molecule has 14 heavy (non-hydrogen) atoms. The molecule has 0 aliphatic heterocycles. The van der Waals surface area contributed by atoms with Crippen LogP contribution in [-0.4, -0.2) is 22.5 Å². The molecule has 4 heteroatoms. The van der Waals surface area contributed by atoms with Gasteiger partial charge in [0.1, 0.15) is 5.82 Å². The predicted octanol–water partition coefficient (Wildman–Crippen LogP) is 1.46. The number of hydrogen-bond donors (Lipinski definition) is 1. The Morgan fingerprint density at radius 2 is 2.50 bits per heavy atom. The van der Waals surface area contributed by atoms with Gasteiger partial charge in [0.25, 0.3) is 0 Å². The van der Waals surface area contributed by atoms with Crippen molar-refractivity contribution in [1.82, 2.24) is 9.97 Å². The highest BCUT2D eigenvalue weighted by Gasteiger charge is 2.02. The topological polar surface area (TPSA) is 55.0 Å². The van der Waals surface area contributed by atoms with Crippen LogP contribution in [0, 0.1) is 0 Å². The van der Waals surface area contributed by atoms with E-state index in [2.05, 4.69) is 16.5 Å². The van der Waals surface area contributed by atoms with E-state index in [-0.39, 0.29) is 5.97 Å². The molecular weight excluding hydrogens is 180 g/mol. The van der Waals surface area contributed by atoms with Crippen molar-refractivity contribution in [2.75, 3.05) is 6.61 Å². The SMILES string of the molecule is C=C(C)C(=O)OCCCc1ncc[nH]1. The average Bonchev–Trinajstić information content (AvgIpc) is 2.64. The second-order valence-electron chi connectivity index (χ2n) is 3.06. The van der Waals surface area contributed by atoms with E-state index in [1.165, 1.54) is 0 Å². The van der Waals surface area contributed by atoms with E-state index in [0.717, 1.165) is 18.7 Å². The summed E-state index contributed by atoms with van der Waals surface area (Å²) in [6, 6.07) is 0. The van der Waals surface area contributed by atoms with Crippen LogP contribution in [0.5, 0.6) is 0 Å². The zero-order valence-corrected chi connectivity index (χ0v) is 8.25. The maximum Gasteiger partial charge on any atom is 0.333 e. The number of esters is 1. The third-order valence-electron chi connectivity index (χ3n) is 1.69. The summed E-state index contributed by atoms with van der Waals surface area (Å²) in [6.45, 7) is 5.53. The van der Waals surface area contributed by atoms with Crippen LogP contribution in [0.15, 0.2) is 24.5 Å². The van der Waals surface area contributed by atoms with Gasteiger partial charge < -0.3 is 9.72 Å². The first-order valence-corrected chi connectivity index (χ1v) is 4.51. The monoisotopic (exact) mass is 194 g/mol. The Morgan fingerprint density at radius 3 is 3.07 bits per heavy atom. The van der Waals surface area contributed by atoms with Crippen LogP contribution in [0.3, 0.4) is 0 Å². The lowest BCUT2D eigenvalue weighted by atomic mass is 10.3. The number of imidazole rings is 1. The fourth-order valence-corrected chi connectivity index (χ4v) is 0.962. The van der Waals surface area contributed by atoms with Gasteiger partial charge in [0.05, 0.1) is 6.61 Å². The van der Waals surface area contributed by atoms with Crippen molar-refractivity contribution >= 4 is 5.97 Å². The summed E-state index contributed by atoms with van der Waals surface area (Å²) in [5, 5.41) is 0. The zero-order valence-electron chi connectivity index (χ0n) is 8.25. The standard InChI is InChI=1S/C10H14N2O2/c1-8(2)10(13)14-7-3-4-9-11-5-6-12-9/h5-6H,1,3-4,7H2,2H3,(H,11,12). The van der Waals surface area contributed by atoms with Crippen molar-refractivity contribution in [2.24, 2.45) is 0 Å². The van der Waals surface area contributed by atoms with Crippen molar-refractivity contribution in [1.29, 1.82) is 0 Å². The Labute approximate surface area is 83.0 Å². The highest BCUT2D eigenvalue weighted by molar-refractivity contribution is 5.86. The Bertz CT molecular complexity index is 304. The van der Waals surface area contributed by atoms with Gasteiger partial charge in [-0.15, -0.1) is 0 Å². The Hall–Kier alpha value is -1.58. The summed E-state index contributed by atoms with van der Waals surface area (Å²) >= 11 is 0. The normalized spacial score (nSPS) is 9.79. The van der Waals surface area contributed by atoms with Gasteiger partial charge in [-0.2, -0.15) is 0 Å². The summed E-state index contributed by atoms with van der Waals surface area (Å²) in [6.07, 6.45) is 5.04. The molecule has 0 fully saturated rings. The second-order valence-corrected chi connectivity index (χ2v) is 3.06. The summed E-state index contributed by atoms with van der Waals surface area (Å²) in [5.41, 5.74) is 0.433. The molecule has 1 heterocycles. The molecule has 0 aromatic carbocycles. The van der Waals surface area contributed by atoms with Gasteiger partial charge in [-0.25, -0.2) is 9.78 Å². The predicted molar refractivity (Wildman–Crippen MR) is 52.7 cm³/mol. The number of H-pyrrole nitrogens is 1. The molecule has 0 radical (unpaired) electrons. The van der Waals surface area contributed by atoms with E-state index >= 15 is 0 Å². The molecule has 0 amide bonds. The maximum atomic E-state index is 11.0. The molecule has 0 bridgehead atoms. The van der Waals surface area contributed by atoms with Crippen molar-refractivity contribution in [3.05, 3.63) is 30.4 Å². The summed E-state index contributed by atoms with van der Waals surface area (Å²) < 4.78 is 4.92. The zero-order chi connectivity index (χ0) is 10.4. The number of nitrogens with one attached hydrogen (secondary N) is 1. The highest BCUT2D eigenvalue weighted by Crippen LogP contribution is 1.97. The fourth-order valence-electron chi connectivity index (χ4n) is 0.962. The van der Waals surface area contributed by atoms with Gasteiger partial charge in [-0.3, -0.25) is 0 Å². The molecule has 0 spiro atoms. The molecule has 0 saturated heterocycles. The van der Waals surface area contributed by atoms with E-state index < -0.39 is 0 Å². The molecule has 76 valence electrons. The number of aromatic nitrogens is 2. The minimum absolute atomic E-state index is 0.329. The smallest absolute Gasteiger partial charge is 0.333 e. The van der Waals surface area contributed by atoms with Crippen molar-refractivity contribution < 1.29 is 9.53 Å². The lowest BCUT2D eigenvalue weighted by Crippen LogP contribution is -2.07. The Balaban J connectivity index is 2.11. The maximum absolute atomic E-state index is 11.0. The number of hydrogen-bond acceptors (Lipinski definition) is 3. The van der Waals surface area contributed by atoms with E-state index in [4.69, 9.17) is 4.74 Å². The van der Waals surface area contributed by atoms with Gasteiger partial charge >= 0.3 is 5.97 Å². The van der Waals surface area contributed by atoms with Gasteiger partial charge in [-0.1, -0.05) is 6.58 Å². The van der Waals surface area contributed by atoms with Crippen molar-refractivity contribution in [3.8, 4) is 0 Å². The lowest BCUT2D eigenvalue weighted by molar-refractivity contribution is -0.139. The largest absolute Gasteiger partial charge is 0.462 e. The third-order valence-corrected chi connectivity index (χ3v) is 1.69. The van der Waals surface area contributed by atoms with Crippen LogP contribution < -0.4 is 0 Å². The minimum atomic E-state index is -0.329. The number of aryl methyl sites for hydroxylation is 1. The second kappa shape index (κ2) is 5.21. The molecule has 0 aliphatic carbocycles. The first-order chi connectivity index (χ1) is 6.70. The average molecular weight is 194 g/mol. The minimum Gasteiger partial charge on any atom is -0.462 e. The first kappa shape index (κ1) is 10.5. The number of nitrogens with zero attached hydrogens (tertiary/aromatic N) is 1. The Morgan fingerprint density at radius 1 is 1.71 bits per heavy atom. The number of rotatable bonds is 5. The molecular formula is C10H14N2O2. The molecule has 1 rings (SSSR count). The molecule has 4 nitrogen and oxygen atoms in total. The van der Waals surface area contributed by atoms with E-state index in [1.54, 1.807) is 19.3 Å². The molecule has 0 atom stereocenters. The molecule has 0 unspecified atom stereocenters. The number of carbonyl (C=O) groups is 1. The Kier molecular flexibility index (Phi) is 3.91. The van der Waals surface area contributed by atoms with Crippen LogP contribution in [0.2, 0.25) is 0 Å². The van der Waals surface area contributed by atoms with E-state index in [9.17, 15) is 4.79 Å². The quantitative estimate of drug-likeness (QED) is 0.438. The fraction of sp³-hybridized carbons (Fsp3) is 0.400. The molecule has 0 saturated carbocycles. The summed E-state index contributed by atoms with van der Waals surface area (Å²) in [7, 11) is 0. The number of carbonyl (C=O) groups excluding carboxylic acids is 1.